The Kier molecular flexibility index (Phi) is 4.95. The van der Waals surface area contributed by atoms with Gasteiger partial charge < -0.3 is 10.2 Å². The van der Waals surface area contributed by atoms with Crippen LogP contribution in [0.15, 0.2) is 42.7 Å². The van der Waals surface area contributed by atoms with Crippen LogP contribution in [-0.4, -0.2) is 33.8 Å². The Morgan fingerprint density at radius 1 is 1.22 bits per heavy atom. The minimum atomic E-state index is 0.0470. The number of likely N-dealkylation sites (tertiary alicyclic amines) is 1. The van der Waals surface area contributed by atoms with E-state index in [4.69, 9.17) is 0 Å². The van der Waals surface area contributed by atoms with Crippen molar-refractivity contribution < 1.29 is 4.79 Å². The molecule has 0 bridgehead atoms. The van der Waals surface area contributed by atoms with Gasteiger partial charge in [-0.1, -0.05) is 31.2 Å². The zero-order chi connectivity index (χ0) is 16.1. The molecule has 0 radical (unpaired) electrons. The number of nitrogens with zero attached hydrogens (tertiary/aromatic N) is 3. The fraction of sp³-hybridized carbons (Fsp3) is 0.444. The van der Waals surface area contributed by atoms with Crippen LogP contribution in [0.3, 0.4) is 0 Å². The number of piperidine rings is 1. The third-order valence-corrected chi connectivity index (χ3v) is 4.51. The summed E-state index contributed by atoms with van der Waals surface area (Å²) in [5, 5.41) is 7.31. The second-order valence-corrected chi connectivity index (χ2v) is 6.30. The number of hydrogen-bond donors (Lipinski definition) is 1. The van der Waals surface area contributed by atoms with Gasteiger partial charge in [0.2, 0.25) is 0 Å². The van der Waals surface area contributed by atoms with Crippen LogP contribution in [0.5, 0.6) is 0 Å². The molecule has 0 atom stereocenters. The summed E-state index contributed by atoms with van der Waals surface area (Å²) in [7, 11) is 0. The lowest BCUT2D eigenvalue weighted by molar-refractivity contribution is 0.173. The molecule has 122 valence electrons. The molecule has 2 amide bonds. The predicted octanol–water partition coefficient (Wildman–Crippen LogP) is 2.87. The van der Waals surface area contributed by atoms with E-state index in [2.05, 4.69) is 29.5 Å². The summed E-state index contributed by atoms with van der Waals surface area (Å²) < 4.78 is 1.90. The zero-order valence-electron chi connectivity index (χ0n) is 13.6. The van der Waals surface area contributed by atoms with E-state index in [0.717, 1.165) is 44.0 Å². The molecule has 3 rings (SSSR count). The van der Waals surface area contributed by atoms with Gasteiger partial charge in [0.1, 0.15) is 0 Å². The van der Waals surface area contributed by atoms with Gasteiger partial charge in [0.25, 0.3) is 0 Å². The molecule has 5 nitrogen and oxygen atoms in total. The lowest BCUT2D eigenvalue weighted by atomic mass is 10.00. The Labute approximate surface area is 137 Å². The van der Waals surface area contributed by atoms with E-state index in [1.807, 2.05) is 34.0 Å². The lowest BCUT2D eigenvalue weighted by Crippen LogP contribution is -2.43. The molecule has 1 aliphatic heterocycles. The molecule has 5 heteroatoms. The van der Waals surface area contributed by atoms with Crippen molar-refractivity contribution in [3.05, 3.63) is 53.9 Å². The molecule has 23 heavy (non-hydrogen) atoms. The van der Waals surface area contributed by atoms with E-state index in [9.17, 15) is 4.79 Å². The molecule has 0 saturated carbocycles. The topological polar surface area (TPSA) is 50.2 Å². The first-order valence-electron chi connectivity index (χ1n) is 8.29. The van der Waals surface area contributed by atoms with Crippen molar-refractivity contribution in [3.63, 3.8) is 0 Å². The Morgan fingerprint density at radius 2 is 1.96 bits per heavy atom. The third-order valence-electron chi connectivity index (χ3n) is 4.51. The van der Waals surface area contributed by atoms with Crippen LogP contribution in [0.4, 0.5) is 4.79 Å². The van der Waals surface area contributed by atoms with Crippen molar-refractivity contribution in [3.8, 4) is 0 Å². The molecule has 1 aromatic carbocycles. The van der Waals surface area contributed by atoms with Gasteiger partial charge in [-0.15, -0.1) is 0 Å². The van der Waals surface area contributed by atoms with Crippen LogP contribution < -0.4 is 5.32 Å². The molecule has 1 N–H and O–H groups in total. The molecule has 1 aliphatic rings. The van der Waals surface area contributed by atoms with E-state index >= 15 is 0 Å². The molecule has 1 saturated heterocycles. The van der Waals surface area contributed by atoms with Gasteiger partial charge in [0, 0.05) is 32.0 Å². The first-order valence-corrected chi connectivity index (χ1v) is 8.29. The monoisotopic (exact) mass is 312 g/mol. The second kappa shape index (κ2) is 7.31. The van der Waals surface area contributed by atoms with Gasteiger partial charge >= 0.3 is 6.03 Å². The number of carbonyl (C=O) groups is 1. The standard InChI is InChI=1S/C18H24N4O/c1-15-7-11-21(12-8-15)18(23)19-13-16-5-2-3-6-17(16)14-22-10-4-9-20-22/h2-6,9-10,15H,7-8,11-14H2,1H3,(H,19,23). The fourth-order valence-corrected chi connectivity index (χ4v) is 2.95. The number of aromatic nitrogens is 2. The molecule has 2 aromatic rings. The second-order valence-electron chi connectivity index (χ2n) is 6.30. The van der Waals surface area contributed by atoms with E-state index in [0.29, 0.717) is 6.54 Å². The summed E-state index contributed by atoms with van der Waals surface area (Å²) in [4.78, 5) is 14.2. The highest BCUT2D eigenvalue weighted by Gasteiger charge is 2.20. The summed E-state index contributed by atoms with van der Waals surface area (Å²) in [6.45, 7) is 5.26. The van der Waals surface area contributed by atoms with Gasteiger partial charge in [0.05, 0.1) is 6.54 Å². The first-order chi connectivity index (χ1) is 11.2. The number of rotatable bonds is 4. The van der Waals surface area contributed by atoms with Crippen LogP contribution >= 0.6 is 0 Å². The van der Waals surface area contributed by atoms with E-state index in [-0.39, 0.29) is 6.03 Å². The average Bonchev–Trinajstić information content (AvgIpc) is 3.07. The molecule has 0 spiro atoms. The van der Waals surface area contributed by atoms with Crippen LogP contribution in [-0.2, 0) is 13.1 Å². The smallest absolute Gasteiger partial charge is 0.317 e. The Bertz CT molecular complexity index is 630. The predicted molar refractivity (Wildman–Crippen MR) is 90.0 cm³/mol. The normalized spacial score (nSPS) is 15.6. The Hall–Kier alpha value is -2.30. The number of benzene rings is 1. The largest absolute Gasteiger partial charge is 0.334 e. The molecule has 2 heterocycles. The van der Waals surface area contributed by atoms with E-state index in [1.165, 1.54) is 5.56 Å². The average molecular weight is 312 g/mol. The molecule has 1 aromatic heterocycles. The Morgan fingerprint density at radius 3 is 2.65 bits per heavy atom. The number of urea groups is 1. The van der Waals surface area contributed by atoms with Crippen molar-refractivity contribution >= 4 is 6.03 Å². The van der Waals surface area contributed by atoms with E-state index < -0.39 is 0 Å². The Balaban J connectivity index is 1.58. The first kappa shape index (κ1) is 15.6. The van der Waals surface area contributed by atoms with E-state index in [1.54, 1.807) is 6.20 Å². The van der Waals surface area contributed by atoms with Crippen molar-refractivity contribution in [2.45, 2.75) is 32.9 Å². The van der Waals surface area contributed by atoms with Gasteiger partial charge in [-0.3, -0.25) is 4.68 Å². The van der Waals surface area contributed by atoms with Crippen molar-refractivity contribution in [2.75, 3.05) is 13.1 Å². The third kappa shape index (κ3) is 4.12. The SMILES string of the molecule is CC1CCN(C(=O)NCc2ccccc2Cn2cccn2)CC1. The lowest BCUT2D eigenvalue weighted by Gasteiger charge is -2.30. The number of hydrogen-bond acceptors (Lipinski definition) is 2. The maximum Gasteiger partial charge on any atom is 0.317 e. The maximum absolute atomic E-state index is 12.3. The maximum atomic E-state index is 12.3. The van der Waals surface area contributed by atoms with Gasteiger partial charge in [0.15, 0.2) is 0 Å². The molecule has 1 fully saturated rings. The van der Waals surface area contributed by atoms with Crippen molar-refractivity contribution in [1.82, 2.24) is 20.0 Å². The number of nitrogens with one attached hydrogen (secondary N) is 1. The van der Waals surface area contributed by atoms with Crippen molar-refractivity contribution in [2.24, 2.45) is 5.92 Å². The van der Waals surface area contributed by atoms with Crippen LogP contribution in [0.25, 0.3) is 0 Å². The fourth-order valence-electron chi connectivity index (χ4n) is 2.95. The summed E-state index contributed by atoms with van der Waals surface area (Å²) in [6, 6.07) is 10.2. The molecule has 0 aliphatic carbocycles. The zero-order valence-corrected chi connectivity index (χ0v) is 13.6. The van der Waals surface area contributed by atoms with Gasteiger partial charge in [-0.2, -0.15) is 5.10 Å². The molecular formula is C18H24N4O. The van der Waals surface area contributed by atoms with Crippen LogP contribution in [0.1, 0.15) is 30.9 Å². The summed E-state index contributed by atoms with van der Waals surface area (Å²) in [5.74, 6) is 0.730. The van der Waals surface area contributed by atoms with Crippen LogP contribution in [0.2, 0.25) is 0 Å². The minimum absolute atomic E-state index is 0.0470. The molecule has 0 unspecified atom stereocenters. The van der Waals surface area contributed by atoms with Crippen molar-refractivity contribution in [1.29, 1.82) is 0 Å². The highest BCUT2D eigenvalue weighted by Crippen LogP contribution is 2.16. The summed E-state index contributed by atoms with van der Waals surface area (Å²) in [6.07, 6.45) is 5.93. The molecular weight excluding hydrogens is 288 g/mol. The summed E-state index contributed by atoms with van der Waals surface area (Å²) in [5.41, 5.74) is 2.32. The quantitative estimate of drug-likeness (QED) is 0.944. The van der Waals surface area contributed by atoms with Gasteiger partial charge in [-0.05, 0) is 36.0 Å². The number of carbonyl (C=O) groups excluding carboxylic acids is 1. The minimum Gasteiger partial charge on any atom is -0.334 e. The summed E-state index contributed by atoms with van der Waals surface area (Å²) >= 11 is 0. The number of amides is 2. The highest BCUT2D eigenvalue weighted by molar-refractivity contribution is 5.74. The highest BCUT2D eigenvalue weighted by atomic mass is 16.2. The van der Waals surface area contributed by atoms with Gasteiger partial charge in [-0.25, -0.2) is 4.79 Å². The van der Waals surface area contributed by atoms with Crippen LogP contribution in [0, 0.1) is 5.92 Å².